The minimum absolute atomic E-state index is 0.448. The zero-order valence-electron chi connectivity index (χ0n) is 10.1. The van der Waals surface area contributed by atoms with Crippen molar-refractivity contribution in [2.75, 3.05) is 7.11 Å². The number of ether oxygens (including phenoxy) is 1. The lowest BCUT2D eigenvalue weighted by molar-refractivity contribution is 0.375. The summed E-state index contributed by atoms with van der Waals surface area (Å²) in [5.41, 5.74) is 1.71. The molecule has 1 fully saturated rings. The molecule has 1 atom stereocenters. The van der Waals surface area contributed by atoms with Crippen LogP contribution in [0.25, 0.3) is 0 Å². The van der Waals surface area contributed by atoms with Crippen LogP contribution in [0.2, 0.25) is 5.15 Å². The van der Waals surface area contributed by atoms with E-state index < -0.39 is 0 Å². The molecule has 2 nitrogen and oxygen atoms in total. The normalized spacial score (nSPS) is 23.4. The van der Waals surface area contributed by atoms with Crippen molar-refractivity contribution in [1.29, 1.82) is 0 Å². The van der Waals surface area contributed by atoms with Crippen LogP contribution in [0.4, 0.5) is 0 Å². The Morgan fingerprint density at radius 2 is 2.25 bits per heavy atom. The van der Waals surface area contributed by atoms with Crippen LogP contribution in [0.15, 0.2) is 12.3 Å². The Kier molecular flexibility index (Phi) is 3.11. The molecule has 0 N–H and O–H groups in total. The van der Waals surface area contributed by atoms with Gasteiger partial charge in [0.25, 0.3) is 0 Å². The maximum atomic E-state index is 5.92. The molecule has 1 aromatic rings. The minimum Gasteiger partial charge on any atom is -0.494 e. The maximum absolute atomic E-state index is 5.92. The van der Waals surface area contributed by atoms with E-state index in [9.17, 15) is 0 Å². The van der Waals surface area contributed by atoms with E-state index in [1.807, 2.05) is 12.3 Å². The van der Waals surface area contributed by atoms with Crippen molar-refractivity contribution in [3.05, 3.63) is 23.0 Å². The summed E-state index contributed by atoms with van der Waals surface area (Å²) >= 11 is 5.92. The van der Waals surface area contributed by atoms with E-state index in [4.69, 9.17) is 16.3 Å². The average molecular weight is 240 g/mol. The first-order valence-corrected chi connectivity index (χ1v) is 6.09. The Morgan fingerprint density at radius 1 is 1.50 bits per heavy atom. The van der Waals surface area contributed by atoms with Gasteiger partial charge in [0.1, 0.15) is 0 Å². The highest BCUT2D eigenvalue weighted by Crippen LogP contribution is 2.46. The van der Waals surface area contributed by atoms with Gasteiger partial charge in [-0.15, -0.1) is 0 Å². The molecular weight excluding hydrogens is 222 g/mol. The molecule has 1 aromatic heterocycles. The second kappa shape index (κ2) is 4.25. The minimum atomic E-state index is 0.448. The van der Waals surface area contributed by atoms with E-state index in [-0.39, 0.29) is 0 Å². The molecular formula is C13H18ClNO. The lowest BCUT2D eigenvalue weighted by Crippen LogP contribution is -2.05. The smallest absolute Gasteiger partial charge is 0.171 e. The van der Waals surface area contributed by atoms with Gasteiger partial charge >= 0.3 is 0 Å². The second-order valence-corrected chi connectivity index (χ2v) is 5.72. The monoisotopic (exact) mass is 239 g/mol. The van der Waals surface area contributed by atoms with E-state index in [2.05, 4.69) is 18.8 Å². The van der Waals surface area contributed by atoms with Gasteiger partial charge in [-0.25, -0.2) is 4.98 Å². The Morgan fingerprint density at radius 3 is 2.81 bits per heavy atom. The first-order valence-electron chi connectivity index (χ1n) is 5.71. The van der Waals surface area contributed by atoms with E-state index in [0.717, 1.165) is 0 Å². The van der Waals surface area contributed by atoms with Crippen molar-refractivity contribution in [2.45, 2.75) is 39.0 Å². The first kappa shape index (κ1) is 11.7. The quantitative estimate of drug-likeness (QED) is 0.727. The topological polar surface area (TPSA) is 22.1 Å². The van der Waals surface area contributed by atoms with E-state index >= 15 is 0 Å². The molecule has 1 aliphatic carbocycles. The molecule has 16 heavy (non-hydrogen) atoms. The van der Waals surface area contributed by atoms with E-state index in [1.165, 1.54) is 24.8 Å². The number of nitrogens with zero attached hydrogens (tertiary/aromatic N) is 1. The van der Waals surface area contributed by atoms with Crippen molar-refractivity contribution >= 4 is 11.6 Å². The molecule has 0 radical (unpaired) electrons. The van der Waals surface area contributed by atoms with Crippen LogP contribution in [0.5, 0.6) is 5.75 Å². The third-order valence-electron chi connectivity index (χ3n) is 3.49. The second-order valence-electron chi connectivity index (χ2n) is 5.37. The summed E-state index contributed by atoms with van der Waals surface area (Å²) in [7, 11) is 1.63. The van der Waals surface area contributed by atoms with Crippen LogP contribution < -0.4 is 4.74 Å². The molecule has 0 spiro atoms. The largest absolute Gasteiger partial charge is 0.494 e. The molecule has 2 rings (SSSR count). The molecule has 0 aliphatic heterocycles. The Balaban J connectivity index is 2.22. The molecule has 0 amide bonds. The molecule has 0 saturated heterocycles. The Hall–Kier alpha value is -0.760. The SMILES string of the molecule is COc1cc(C2CCC(C)(C)C2)cnc1Cl. The highest BCUT2D eigenvalue weighted by molar-refractivity contribution is 6.30. The number of rotatable bonds is 2. The molecule has 0 bridgehead atoms. The first-order chi connectivity index (χ1) is 7.52. The van der Waals surface area contributed by atoms with Crippen LogP contribution in [0, 0.1) is 5.41 Å². The highest BCUT2D eigenvalue weighted by atomic mass is 35.5. The fraction of sp³-hybridized carbons (Fsp3) is 0.615. The third-order valence-corrected chi connectivity index (χ3v) is 3.77. The summed E-state index contributed by atoms with van der Waals surface area (Å²) in [6.45, 7) is 4.65. The highest BCUT2D eigenvalue weighted by Gasteiger charge is 2.32. The molecule has 3 heteroatoms. The van der Waals surface area contributed by atoms with E-state index in [1.54, 1.807) is 7.11 Å². The van der Waals surface area contributed by atoms with E-state index in [0.29, 0.717) is 22.2 Å². The lowest BCUT2D eigenvalue weighted by Gasteiger charge is -2.17. The maximum Gasteiger partial charge on any atom is 0.171 e. The van der Waals surface area contributed by atoms with Gasteiger partial charge in [0, 0.05) is 6.20 Å². The number of hydrogen-bond donors (Lipinski definition) is 0. The fourth-order valence-electron chi connectivity index (χ4n) is 2.53. The summed E-state index contributed by atoms with van der Waals surface area (Å²) in [6.07, 6.45) is 5.62. The van der Waals surface area contributed by atoms with Gasteiger partial charge in [0.15, 0.2) is 10.9 Å². The number of aromatic nitrogens is 1. The van der Waals surface area contributed by atoms with Gasteiger partial charge in [-0.1, -0.05) is 25.4 Å². The Bertz CT molecular complexity index is 390. The summed E-state index contributed by atoms with van der Waals surface area (Å²) in [5, 5.41) is 0.448. The molecule has 1 unspecified atom stereocenters. The van der Waals surface area contributed by atoms with Crippen LogP contribution in [-0.4, -0.2) is 12.1 Å². The van der Waals surface area contributed by atoms with Gasteiger partial charge in [0.2, 0.25) is 0 Å². The fourth-order valence-corrected chi connectivity index (χ4v) is 2.71. The Labute approximate surface area is 102 Å². The molecule has 88 valence electrons. The van der Waals surface area contributed by atoms with Gasteiger partial charge in [0.05, 0.1) is 7.11 Å². The van der Waals surface area contributed by atoms with Crippen molar-refractivity contribution in [3.8, 4) is 5.75 Å². The number of halogens is 1. The van der Waals surface area contributed by atoms with Crippen molar-refractivity contribution in [2.24, 2.45) is 5.41 Å². The standard InChI is InChI=1S/C13H18ClNO/c1-13(2)5-4-9(7-13)10-6-11(16-3)12(14)15-8-10/h6,8-9H,4-5,7H2,1-3H3. The summed E-state index contributed by atoms with van der Waals surface area (Å²) in [4.78, 5) is 4.18. The van der Waals surface area contributed by atoms with Crippen molar-refractivity contribution in [3.63, 3.8) is 0 Å². The van der Waals surface area contributed by atoms with Gasteiger partial charge < -0.3 is 4.74 Å². The molecule has 1 saturated carbocycles. The molecule has 0 aromatic carbocycles. The molecule has 1 aliphatic rings. The summed E-state index contributed by atoms with van der Waals surface area (Å²) in [5.74, 6) is 1.29. The average Bonchev–Trinajstić information content (AvgIpc) is 2.59. The number of hydrogen-bond acceptors (Lipinski definition) is 2. The van der Waals surface area contributed by atoms with Gasteiger partial charge in [-0.2, -0.15) is 0 Å². The number of pyridine rings is 1. The van der Waals surface area contributed by atoms with Crippen LogP contribution >= 0.6 is 11.6 Å². The third kappa shape index (κ3) is 2.32. The summed E-state index contributed by atoms with van der Waals surface area (Å²) < 4.78 is 5.20. The molecule has 1 heterocycles. The van der Waals surface area contributed by atoms with Crippen LogP contribution in [0.1, 0.15) is 44.6 Å². The lowest BCUT2D eigenvalue weighted by atomic mass is 9.89. The summed E-state index contributed by atoms with van der Waals surface area (Å²) in [6, 6.07) is 2.03. The van der Waals surface area contributed by atoms with Gasteiger partial charge in [-0.05, 0) is 42.2 Å². The predicted octanol–water partition coefficient (Wildman–Crippen LogP) is 4.04. The van der Waals surface area contributed by atoms with Crippen LogP contribution in [-0.2, 0) is 0 Å². The van der Waals surface area contributed by atoms with Crippen molar-refractivity contribution < 1.29 is 4.74 Å². The van der Waals surface area contributed by atoms with Gasteiger partial charge in [-0.3, -0.25) is 0 Å². The zero-order chi connectivity index (χ0) is 11.8. The van der Waals surface area contributed by atoms with Crippen LogP contribution in [0.3, 0.4) is 0 Å². The zero-order valence-corrected chi connectivity index (χ0v) is 10.8. The van der Waals surface area contributed by atoms with Crippen molar-refractivity contribution in [1.82, 2.24) is 4.98 Å². The number of methoxy groups -OCH3 is 1. The predicted molar refractivity (Wildman–Crippen MR) is 66.2 cm³/mol.